The molecular weight excluding hydrogens is 188 g/mol. The number of amides is 2. The van der Waals surface area contributed by atoms with E-state index >= 15 is 0 Å². The van der Waals surface area contributed by atoms with Gasteiger partial charge in [-0.2, -0.15) is 0 Å². The van der Waals surface area contributed by atoms with Gasteiger partial charge in [0.15, 0.2) is 0 Å². The molecule has 0 spiro atoms. The zero-order valence-electron chi connectivity index (χ0n) is 7.84. The van der Waals surface area contributed by atoms with Crippen LogP contribution in [0.15, 0.2) is 0 Å². The van der Waals surface area contributed by atoms with E-state index in [2.05, 4.69) is 0 Å². The third-order valence-corrected chi connectivity index (χ3v) is 2.89. The summed E-state index contributed by atoms with van der Waals surface area (Å²) in [6.07, 6.45) is -1.26. The normalized spacial score (nSPS) is 31.4. The lowest BCUT2D eigenvalue weighted by Gasteiger charge is -2.39. The molecular formula is C8H12N2O4. The van der Waals surface area contributed by atoms with Gasteiger partial charge in [-0.3, -0.25) is 4.90 Å². The average Bonchev–Trinajstić information content (AvgIpc) is 2.49. The monoisotopic (exact) mass is 200 g/mol. The molecule has 14 heavy (non-hydrogen) atoms. The van der Waals surface area contributed by atoms with Crippen LogP contribution in [0.5, 0.6) is 0 Å². The van der Waals surface area contributed by atoms with Gasteiger partial charge in [-0.15, -0.1) is 0 Å². The molecule has 0 aromatic carbocycles. The molecule has 2 fully saturated rings. The minimum absolute atomic E-state index is 0.118. The molecule has 1 N–H and O–H groups in total. The van der Waals surface area contributed by atoms with Gasteiger partial charge in [-0.1, -0.05) is 0 Å². The summed E-state index contributed by atoms with van der Waals surface area (Å²) in [5.41, 5.74) is 0. The van der Waals surface area contributed by atoms with E-state index < -0.39 is 6.09 Å². The minimum atomic E-state index is -0.934. The first-order chi connectivity index (χ1) is 6.61. The Labute approximate surface area is 81.0 Å². The number of hydrogen-bond donors (Lipinski definition) is 1. The third kappa shape index (κ3) is 1.18. The zero-order chi connectivity index (χ0) is 10.3. The molecule has 2 atom stereocenters. The van der Waals surface area contributed by atoms with Gasteiger partial charge in [-0.25, -0.2) is 9.59 Å². The summed E-state index contributed by atoms with van der Waals surface area (Å²) in [6.45, 7) is 2.89. The van der Waals surface area contributed by atoms with Gasteiger partial charge < -0.3 is 14.7 Å². The number of piperazine rings is 1. The van der Waals surface area contributed by atoms with Crippen LogP contribution in [0.25, 0.3) is 0 Å². The van der Waals surface area contributed by atoms with Crippen molar-refractivity contribution in [1.82, 2.24) is 9.80 Å². The molecule has 0 aliphatic carbocycles. The highest BCUT2D eigenvalue weighted by Crippen LogP contribution is 2.23. The Morgan fingerprint density at radius 2 is 2.29 bits per heavy atom. The molecule has 78 valence electrons. The fourth-order valence-electron chi connectivity index (χ4n) is 2.02. The molecule has 2 unspecified atom stereocenters. The molecule has 2 aliphatic heterocycles. The summed E-state index contributed by atoms with van der Waals surface area (Å²) >= 11 is 0. The van der Waals surface area contributed by atoms with Crippen molar-refractivity contribution in [2.24, 2.45) is 0 Å². The Bertz CT molecular complexity index is 281. The first-order valence-corrected chi connectivity index (χ1v) is 4.54. The van der Waals surface area contributed by atoms with E-state index in [0.29, 0.717) is 19.7 Å². The summed E-state index contributed by atoms with van der Waals surface area (Å²) in [6, 6.07) is -0.306. The molecule has 2 aliphatic rings. The predicted octanol–water partition coefficient (Wildman–Crippen LogP) is 0.189. The van der Waals surface area contributed by atoms with Crippen LogP contribution in [0.1, 0.15) is 6.92 Å². The average molecular weight is 200 g/mol. The van der Waals surface area contributed by atoms with Gasteiger partial charge in [0.05, 0.1) is 12.1 Å². The summed E-state index contributed by atoms with van der Waals surface area (Å²) < 4.78 is 4.87. The second-order valence-electron chi connectivity index (χ2n) is 3.55. The van der Waals surface area contributed by atoms with Crippen molar-refractivity contribution in [1.29, 1.82) is 0 Å². The smallest absolute Gasteiger partial charge is 0.410 e. The molecule has 2 amide bonds. The molecule has 0 aromatic rings. The van der Waals surface area contributed by atoms with Crippen LogP contribution >= 0.6 is 0 Å². The standard InChI is InChI=1S/C8H12N2O4/c1-5-6-4-14-8(13)10(6)3-2-9(5)7(11)12/h5-6H,2-4H2,1H3,(H,11,12). The van der Waals surface area contributed by atoms with Crippen LogP contribution in [0.4, 0.5) is 9.59 Å². The van der Waals surface area contributed by atoms with Gasteiger partial charge >= 0.3 is 12.2 Å². The van der Waals surface area contributed by atoms with Crippen LogP contribution in [-0.2, 0) is 4.74 Å². The van der Waals surface area contributed by atoms with Crippen molar-refractivity contribution in [3.05, 3.63) is 0 Å². The van der Waals surface area contributed by atoms with Gasteiger partial charge in [0.25, 0.3) is 0 Å². The van der Waals surface area contributed by atoms with Gasteiger partial charge in [0.2, 0.25) is 0 Å². The second kappa shape index (κ2) is 3.04. The van der Waals surface area contributed by atoms with Crippen molar-refractivity contribution in [2.75, 3.05) is 19.7 Å². The van der Waals surface area contributed by atoms with E-state index in [9.17, 15) is 9.59 Å². The first-order valence-electron chi connectivity index (χ1n) is 4.54. The molecule has 2 saturated heterocycles. The highest BCUT2D eigenvalue weighted by atomic mass is 16.6. The lowest BCUT2D eigenvalue weighted by molar-refractivity contribution is 0.0653. The molecule has 0 radical (unpaired) electrons. The van der Waals surface area contributed by atoms with Crippen LogP contribution < -0.4 is 0 Å². The fourth-order valence-corrected chi connectivity index (χ4v) is 2.02. The van der Waals surface area contributed by atoms with E-state index in [1.165, 1.54) is 4.90 Å². The van der Waals surface area contributed by atoms with Crippen molar-refractivity contribution < 1.29 is 19.4 Å². The Morgan fingerprint density at radius 1 is 1.57 bits per heavy atom. The SMILES string of the molecule is CC1C2COC(=O)N2CCN1C(=O)O. The van der Waals surface area contributed by atoms with Crippen molar-refractivity contribution in [3.63, 3.8) is 0 Å². The number of hydrogen-bond acceptors (Lipinski definition) is 3. The van der Waals surface area contributed by atoms with Gasteiger partial charge in [0.1, 0.15) is 6.61 Å². The molecule has 6 heteroatoms. The number of fused-ring (bicyclic) bond motifs is 1. The molecule has 2 heterocycles. The minimum Gasteiger partial charge on any atom is -0.465 e. The fraction of sp³-hybridized carbons (Fsp3) is 0.750. The van der Waals surface area contributed by atoms with E-state index in [1.54, 1.807) is 11.8 Å². The molecule has 2 rings (SSSR count). The molecule has 6 nitrogen and oxygen atoms in total. The number of nitrogens with zero attached hydrogens (tertiary/aromatic N) is 2. The second-order valence-corrected chi connectivity index (χ2v) is 3.55. The number of carboxylic acid groups (broad SMARTS) is 1. The number of ether oxygens (including phenoxy) is 1. The Balaban J connectivity index is 2.14. The molecule has 0 bridgehead atoms. The van der Waals surface area contributed by atoms with Crippen molar-refractivity contribution in [2.45, 2.75) is 19.0 Å². The summed E-state index contributed by atoms with van der Waals surface area (Å²) in [7, 11) is 0. The highest BCUT2D eigenvalue weighted by Gasteiger charge is 2.43. The van der Waals surface area contributed by atoms with Gasteiger partial charge in [0, 0.05) is 13.1 Å². The van der Waals surface area contributed by atoms with Crippen LogP contribution in [0, 0.1) is 0 Å². The number of carbonyl (C=O) groups excluding carboxylic acids is 1. The third-order valence-electron chi connectivity index (χ3n) is 2.89. The lowest BCUT2D eigenvalue weighted by atomic mass is 10.1. The summed E-state index contributed by atoms with van der Waals surface area (Å²) in [5.74, 6) is 0. The quantitative estimate of drug-likeness (QED) is 0.606. The summed E-state index contributed by atoms with van der Waals surface area (Å²) in [4.78, 5) is 24.9. The highest BCUT2D eigenvalue weighted by molar-refractivity contribution is 5.72. The van der Waals surface area contributed by atoms with E-state index in [1.807, 2.05) is 0 Å². The van der Waals surface area contributed by atoms with Crippen LogP contribution in [0.3, 0.4) is 0 Å². The van der Waals surface area contributed by atoms with E-state index in [-0.39, 0.29) is 18.2 Å². The molecule has 0 aromatic heterocycles. The zero-order valence-corrected chi connectivity index (χ0v) is 7.84. The maximum absolute atomic E-state index is 11.2. The predicted molar refractivity (Wildman–Crippen MR) is 46.0 cm³/mol. The topological polar surface area (TPSA) is 70.1 Å². The van der Waals surface area contributed by atoms with Crippen LogP contribution in [0.2, 0.25) is 0 Å². The maximum Gasteiger partial charge on any atom is 0.410 e. The van der Waals surface area contributed by atoms with E-state index in [4.69, 9.17) is 9.84 Å². The maximum atomic E-state index is 11.2. The van der Waals surface area contributed by atoms with Crippen molar-refractivity contribution in [3.8, 4) is 0 Å². The largest absolute Gasteiger partial charge is 0.465 e. The summed E-state index contributed by atoms with van der Waals surface area (Å²) in [5, 5.41) is 8.88. The number of carbonyl (C=O) groups is 2. The Kier molecular flexibility index (Phi) is 1.98. The lowest BCUT2D eigenvalue weighted by Crippen LogP contribution is -2.58. The van der Waals surface area contributed by atoms with Crippen LogP contribution in [-0.4, -0.2) is 58.9 Å². The molecule has 0 saturated carbocycles. The Hall–Kier alpha value is -1.46. The number of cyclic esters (lactones) is 1. The van der Waals surface area contributed by atoms with Gasteiger partial charge in [-0.05, 0) is 6.92 Å². The Morgan fingerprint density at radius 3 is 2.93 bits per heavy atom. The van der Waals surface area contributed by atoms with E-state index in [0.717, 1.165) is 0 Å². The number of rotatable bonds is 0. The van der Waals surface area contributed by atoms with Crippen molar-refractivity contribution >= 4 is 12.2 Å². The first kappa shape index (κ1) is 9.11.